The molecule has 0 saturated heterocycles. The third kappa shape index (κ3) is 5.08. The molecule has 1 aromatic carbocycles. The Kier molecular flexibility index (Phi) is 6.56. The van der Waals surface area contributed by atoms with Crippen LogP contribution in [0.4, 0.5) is 0 Å². The average Bonchev–Trinajstić information content (AvgIpc) is 3.04. The largest absolute Gasteiger partial charge is 0.490 e. The van der Waals surface area contributed by atoms with E-state index in [1.165, 1.54) is 20.1 Å². The standard InChI is InChI=1S/C22H22O8/c1-13(10-17-11-16(22(25)29-17)12-28-14(2)23)8-9-27-18-6-4-15-5-7-19(24)30-20(15)21(18)26-3/h4-8,11,17H,9-10,12H2,1-3H3. The summed E-state index contributed by atoms with van der Waals surface area (Å²) in [5.41, 5.74) is 1.14. The smallest absolute Gasteiger partial charge is 0.337 e. The topological polar surface area (TPSA) is 101 Å². The van der Waals surface area contributed by atoms with E-state index in [4.69, 9.17) is 23.4 Å². The number of methoxy groups -OCH3 is 1. The number of esters is 2. The summed E-state index contributed by atoms with van der Waals surface area (Å²) in [6, 6.07) is 6.52. The monoisotopic (exact) mass is 414 g/mol. The molecule has 0 fully saturated rings. The highest BCUT2D eigenvalue weighted by atomic mass is 16.6. The summed E-state index contributed by atoms with van der Waals surface area (Å²) >= 11 is 0. The number of carbonyl (C=O) groups is 2. The zero-order chi connectivity index (χ0) is 21.7. The van der Waals surface area contributed by atoms with Gasteiger partial charge in [0.25, 0.3) is 0 Å². The quantitative estimate of drug-likeness (QED) is 0.369. The van der Waals surface area contributed by atoms with Crippen molar-refractivity contribution in [3.8, 4) is 11.5 Å². The van der Waals surface area contributed by atoms with Crippen molar-refractivity contribution in [1.82, 2.24) is 0 Å². The Morgan fingerprint density at radius 2 is 1.93 bits per heavy atom. The van der Waals surface area contributed by atoms with E-state index in [0.29, 0.717) is 29.1 Å². The summed E-state index contributed by atoms with van der Waals surface area (Å²) in [5.74, 6) is -0.144. The van der Waals surface area contributed by atoms with E-state index in [9.17, 15) is 14.4 Å². The Morgan fingerprint density at radius 1 is 1.17 bits per heavy atom. The molecule has 0 amide bonds. The average molecular weight is 414 g/mol. The predicted octanol–water partition coefficient (Wildman–Crippen LogP) is 2.93. The molecule has 0 radical (unpaired) electrons. The minimum absolute atomic E-state index is 0.0889. The van der Waals surface area contributed by atoms with E-state index in [2.05, 4.69) is 0 Å². The summed E-state index contributed by atoms with van der Waals surface area (Å²) < 4.78 is 26.5. The molecule has 1 unspecified atom stereocenters. The molecule has 0 bridgehead atoms. The molecule has 3 rings (SSSR count). The van der Waals surface area contributed by atoms with Crippen LogP contribution in [0.1, 0.15) is 20.3 Å². The van der Waals surface area contributed by atoms with Gasteiger partial charge < -0.3 is 23.4 Å². The van der Waals surface area contributed by atoms with Crippen LogP contribution >= 0.6 is 0 Å². The van der Waals surface area contributed by atoms with Gasteiger partial charge in [-0.1, -0.05) is 5.57 Å². The van der Waals surface area contributed by atoms with E-state index in [-0.39, 0.29) is 13.2 Å². The molecule has 1 aliphatic rings. The van der Waals surface area contributed by atoms with Crippen LogP contribution in [0, 0.1) is 0 Å². The van der Waals surface area contributed by atoms with Crippen LogP contribution in [-0.2, 0) is 19.1 Å². The minimum atomic E-state index is -0.479. The van der Waals surface area contributed by atoms with Crippen molar-refractivity contribution >= 4 is 22.9 Å². The molecule has 8 heteroatoms. The van der Waals surface area contributed by atoms with Crippen molar-refractivity contribution in [2.45, 2.75) is 26.4 Å². The van der Waals surface area contributed by atoms with Crippen LogP contribution in [0.25, 0.3) is 11.0 Å². The third-order valence-corrected chi connectivity index (χ3v) is 4.44. The first-order chi connectivity index (χ1) is 14.4. The summed E-state index contributed by atoms with van der Waals surface area (Å²) in [4.78, 5) is 34.2. The summed E-state index contributed by atoms with van der Waals surface area (Å²) in [7, 11) is 1.48. The summed E-state index contributed by atoms with van der Waals surface area (Å²) in [6.45, 7) is 3.33. The van der Waals surface area contributed by atoms with Crippen molar-refractivity contribution in [1.29, 1.82) is 0 Å². The van der Waals surface area contributed by atoms with Gasteiger partial charge in [0.1, 0.15) is 19.3 Å². The van der Waals surface area contributed by atoms with Crippen molar-refractivity contribution in [2.24, 2.45) is 0 Å². The number of hydrogen-bond acceptors (Lipinski definition) is 8. The highest BCUT2D eigenvalue weighted by molar-refractivity contribution is 5.91. The third-order valence-electron chi connectivity index (χ3n) is 4.44. The van der Waals surface area contributed by atoms with Gasteiger partial charge in [0.2, 0.25) is 5.75 Å². The Bertz CT molecular complexity index is 1080. The van der Waals surface area contributed by atoms with Gasteiger partial charge in [0, 0.05) is 24.8 Å². The molecule has 1 atom stereocenters. The molecule has 0 spiro atoms. The van der Waals surface area contributed by atoms with Gasteiger partial charge in [0.05, 0.1) is 12.7 Å². The first kappa shape index (κ1) is 21.2. The molecule has 0 N–H and O–H groups in total. The van der Waals surface area contributed by atoms with Crippen molar-refractivity contribution < 1.29 is 33.0 Å². The summed E-state index contributed by atoms with van der Waals surface area (Å²) in [6.07, 6.45) is 3.60. The van der Waals surface area contributed by atoms with Crippen LogP contribution < -0.4 is 15.1 Å². The Labute approximate surface area is 172 Å². The Balaban J connectivity index is 1.62. The zero-order valence-electron chi connectivity index (χ0n) is 16.9. The summed E-state index contributed by atoms with van der Waals surface area (Å²) in [5, 5.41) is 0.727. The van der Waals surface area contributed by atoms with E-state index in [1.807, 2.05) is 13.0 Å². The molecule has 2 aromatic rings. The molecule has 158 valence electrons. The molecule has 8 nitrogen and oxygen atoms in total. The van der Waals surface area contributed by atoms with Crippen molar-refractivity contribution in [3.63, 3.8) is 0 Å². The molecule has 0 aliphatic carbocycles. The van der Waals surface area contributed by atoms with E-state index >= 15 is 0 Å². The second-order valence-corrected chi connectivity index (χ2v) is 6.75. The van der Waals surface area contributed by atoms with Crippen LogP contribution in [0.3, 0.4) is 0 Å². The fourth-order valence-corrected chi connectivity index (χ4v) is 3.00. The lowest BCUT2D eigenvalue weighted by Gasteiger charge is -2.12. The van der Waals surface area contributed by atoms with Gasteiger partial charge >= 0.3 is 17.6 Å². The van der Waals surface area contributed by atoms with Crippen LogP contribution in [0.15, 0.2) is 56.8 Å². The SMILES string of the molecule is COc1c(OCC=C(C)CC2C=C(COC(C)=O)C(=O)O2)ccc2ccc(=O)oc12. The molecular weight excluding hydrogens is 392 g/mol. The number of fused-ring (bicyclic) bond motifs is 1. The first-order valence-electron chi connectivity index (χ1n) is 9.31. The second kappa shape index (κ2) is 9.30. The predicted molar refractivity (Wildman–Crippen MR) is 108 cm³/mol. The van der Waals surface area contributed by atoms with Gasteiger partial charge in [0.15, 0.2) is 11.3 Å². The number of rotatable bonds is 8. The fraction of sp³-hybridized carbons (Fsp3) is 0.318. The molecule has 1 aromatic heterocycles. The van der Waals surface area contributed by atoms with Gasteiger partial charge in [-0.05, 0) is 37.3 Å². The van der Waals surface area contributed by atoms with Crippen molar-refractivity contribution in [3.05, 3.63) is 58.0 Å². The lowest BCUT2D eigenvalue weighted by atomic mass is 10.1. The lowest BCUT2D eigenvalue weighted by molar-refractivity contribution is -0.142. The highest BCUT2D eigenvalue weighted by Crippen LogP contribution is 2.34. The second-order valence-electron chi connectivity index (χ2n) is 6.75. The van der Waals surface area contributed by atoms with Gasteiger partial charge in [-0.25, -0.2) is 9.59 Å². The Morgan fingerprint density at radius 3 is 2.67 bits per heavy atom. The minimum Gasteiger partial charge on any atom is -0.490 e. The fourth-order valence-electron chi connectivity index (χ4n) is 3.00. The molecule has 2 heterocycles. The Hall–Kier alpha value is -3.55. The molecule has 1 aliphatic heterocycles. The first-order valence-corrected chi connectivity index (χ1v) is 9.31. The van der Waals surface area contributed by atoms with Gasteiger partial charge in [-0.15, -0.1) is 0 Å². The number of hydrogen-bond donors (Lipinski definition) is 0. The normalized spacial score (nSPS) is 16.2. The van der Waals surface area contributed by atoms with Gasteiger partial charge in [-0.3, -0.25) is 4.79 Å². The van der Waals surface area contributed by atoms with Crippen LogP contribution in [0.2, 0.25) is 0 Å². The van der Waals surface area contributed by atoms with Crippen LogP contribution in [0.5, 0.6) is 11.5 Å². The van der Waals surface area contributed by atoms with Crippen LogP contribution in [-0.4, -0.2) is 38.4 Å². The van der Waals surface area contributed by atoms with E-state index in [0.717, 1.165) is 11.0 Å². The van der Waals surface area contributed by atoms with E-state index < -0.39 is 23.7 Å². The molecule has 30 heavy (non-hydrogen) atoms. The number of cyclic esters (lactones) is 1. The van der Waals surface area contributed by atoms with E-state index in [1.54, 1.807) is 24.3 Å². The molecule has 0 saturated carbocycles. The number of benzene rings is 1. The highest BCUT2D eigenvalue weighted by Gasteiger charge is 2.26. The zero-order valence-corrected chi connectivity index (χ0v) is 16.9. The maximum absolute atomic E-state index is 11.8. The maximum atomic E-state index is 11.8. The maximum Gasteiger partial charge on any atom is 0.337 e. The number of carbonyl (C=O) groups excluding carboxylic acids is 2. The lowest BCUT2D eigenvalue weighted by Crippen LogP contribution is -2.11. The van der Waals surface area contributed by atoms with Gasteiger partial charge in [-0.2, -0.15) is 0 Å². The van der Waals surface area contributed by atoms with Crippen molar-refractivity contribution in [2.75, 3.05) is 20.3 Å². The number of ether oxygens (including phenoxy) is 4. The molecular formula is C22H22O8.